The van der Waals surface area contributed by atoms with Crippen molar-refractivity contribution in [1.82, 2.24) is 0 Å². The van der Waals surface area contributed by atoms with E-state index in [1.807, 2.05) is 24.3 Å². The Kier molecular flexibility index (Phi) is 9.87. The summed E-state index contributed by atoms with van der Waals surface area (Å²) in [5.41, 5.74) is 11.4. The largest absolute Gasteiger partial charge is 0.345 e. The first kappa shape index (κ1) is 33.3. The van der Waals surface area contributed by atoms with Crippen LogP contribution >= 0.6 is 11.3 Å². The van der Waals surface area contributed by atoms with Crippen LogP contribution in [0.25, 0.3) is 16.7 Å². The van der Waals surface area contributed by atoms with Crippen molar-refractivity contribution in [2.24, 2.45) is 0 Å². The van der Waals surface area contributed by atoms with Gasteiger partial charge in [0, 0.05) is 71.0 Å². The van der Waals surface area contributed by atoms with E-state index in [9.17, 15) is 5.26 Å². The molecule has 5 aromatic carbocycles. The van der Waals surface area contributed by atoms with Gasteiger partial charge in [-0.2, -0.15) is 9.84 Å². The molecule has 0 radical (unpaired) electrons. The maximum absolute atomic E-state index is 10.9. The number of nitrogens with zero attached hydrogens (tertiary/aromatic N) is 4. The Bertz CT molecular complexity index is 2270. The number of hydrogen-bond acceptors (Lipinski definition) is 4. The lowest BCUT2D eigenvalue weighted by Gasteiger charge is -2.22. The molecule has 6 aromatic rings. The number of benzene rings is 5. The zero-order valence-corrected chi connectivity index (χ0v) is 29.9. The zero-order chi connectivity index (χ0) is 35.2. The van der Waals surface area contributed by atoms with Crippen molar-refractivity contribution < 1.29 is 4.58 Å². The molecule has 1 aromatic heterocycles. The summed E-state index contributed by atoms with van der Waals surface area (Å²) in [5, 5.41) is 11.9. The molecule has 1 aliphatic rings. The van der Waals surface area contributed by atoms with E-state index in [0.29, 0.717) is 5.56 Å². The highest BCUT2D eigenvalue weighted by atomic mass is 32.1. The molecule has 1 heterocycles. The van der Waals surface area contributed by atoms with Crippen LogP contribution in [-0.4, -0.2) is 30.9 Å². The smallest absolute Gasteiger partial charge is 0.205 e. The van der Waals surface area contributed by atoms with Crippen LogP contribution in [0.4, 0.5) is 27.8 Å². The van der Waals surface area contributed by atoms with E-state index in [1.54, 1.807) is 11.3 Å². The van der Waals surface area contributed by atoms with Gasteiger partial charge in [0.1, 0.15) is 18.1 Å². The predicted molar refractivity (Wildman–Crippen MR) is 216 cm³/mol. The molecule has 51 heavy (non-hydrogen) atoms. The van der Waals surface area contributed by atoms with Gasteiger partial charge in [-0.1, -0.05) is 97.1 Å². The molecule has 0 spiro atoms. The summed E-state index contributed by atoms with van der Waals surface area (Å²) in [7, 11) is 4.19. The highest BCUT2D eigenvalue weighted by molar-refractivity contribution is 7.18. The first-order valence-electron chi connectivity index (χ1n) is 17.2. The molecular formula is C46H39N4S+. The average molecular weight is 680 g/mol. The summed E-state index contributed by atoms with van der Waals surface area (Å²) in [4.78, 5) is 5.52. The fourth-order valence-electron chi connectivity index (χ4n) is 6.55. The van der Waals surface area contributed by atoms with Crippen molar-refractivity contribution >= 4 is 50.4 Å². The summed E-state index contributed by atoms with van der Waals surface area (Å²) < 4.78 is 2.20. The number of rotatable bonds is 9. The Balaban J connectivity index is 1.45. The highest BCUT2D eigenvalue weighted by Gasteiger charge is 2.28. The van der Waals surface area contributed by atoms with Gasteiger partial charge in [-0.25, -0.2) is 0 Å². The van der Waals surface area contributed by atoms with Crippen LogP contribution in [0, 0.1) is 11.3 Å². The van der Waals surface area contributed by atoms with Gasteiger partial charge in [-0.15, -0.1) is 11.3 Å². The molecule has 0 fully saturated rings. The minimum absolute atomic E-state index is 0.685. The Hall–Kier alpha value is -6.22. The lowest BCUT2D eigenvalue weighted by molar-refractivity contribution is -0.403. The van der Waals surface area contributed by atoms with E-state index >= 15 is 0 Å². The van der Waals surface area contributed by atoms with Crippen LogP contribution in [0.5, 0.6) is 0 Å². The molecule has 0 aliphatic heterocycles. The topological polar surface area (TPSA) is 33.3 Å². The van der Waals surface area contributed by atoms with Crippen molar-refractivity contribution in [1.29, 1.82) is 5.26 Å². The van der Waals surface area contributed by atoms with Gasteiger partial charge in [-0.05, 0) is 72.2 Å². The van der Waals surface area contributed by atoms with E-state index in [4.69, 9.17) is 0 Å². The summed E-state index contributed by atoms with van der Waals surface area (Å²) in [6.45, 7) is 2.87. The Labute approximate surface area is 305 Å². The van der Waals surface area contributed by atoms with E-state index in [0.717, 1.165) is 72.7 Å². The Morgan fingerprint density at radius 3 is 1.76 bits per heavy atom. The second-order valence-corrected chi connectivity index (χ2v) is 13.3. The van der Waals surface area contributed by atoms with Crippen LogP contribution in [-0.2, 0) is 0 Å². The monoisotopic (exact) mass is 679 g/mol. The fraction of sp³-hybridized carbons (Fsp3) is 0.0870. The third-order valence-corrected chi connectivity index (χ3v) is 10.5. The molecule has 248 valence electrons. The van der Waals surface area contributed by atoms with Gasteiger partial charge in [-0.3, -0.25) is 0 Å². The number of allylic oxidation sites excluding steroid dienone is 5. The van der Waals surface area contributed by atoms with Crippen molar-refractivity contribution in [2.75, 3.05) is 30.4 Å². The van der Waals surface area contributed by atoms with E-state index < -0.39 is 0 Å². The molecule has 0 unspecified atom stereocenters. The van der Waals surface area contributed by atoms with Gasteiger partial charge in [0.25, 0.3) is 0 Å². The van der Waals surface area contributed by atoms with Gasteiger partial charge < -0.3 is 9.80 Å². The van der Waals surface area contributed by atoms with Crippen molar-refractivity contribution in [3.63, 3.8) is 0 Å². The second kappa shape index (κ2) is 15.1. The van der Waals surface area contributed by atoms with Crippen LogP contribution in [0.15, 0.2) is 175 Å². The minimum Gasteiger partial charge on any atom is -0.345 e. The normalized spacial score (nSPS) is 12.0. The molecule has 5 heteroatoms. The summed E-state index contributed by atoms with van der Waals surface area (Å²) in [6.07, 6.45) is 8.79. The van der Waals surface area contributed by atoms with Crippen LogP contribution < -0.4 is 9.80 Å². The molecule has 1 aliphatic carbocycles. The van der Waals surface area contributed by atoms with Crippen molar-refractivity contribution in [3.8, 4) is 17.2 Å². The molecular weight excluding hydrogens is 641 g/mol. The lowest BCUT2D eigenvalue weighted by atomic mass is 9.90. The van der Waals surface area contributed by atoms with Crippen LogP contribution in [0.2, 0.25) is 0 Å². The maximum Gasteiger partial charge on any atom is 0.205 e. The zero-order valence-electron chi connectivity index (χ0n) is 29.1. The quantitative estimate of drug-likeness (QED) is 0.143. The third kappa shape index (κ3) is 6.83. The Morgan fingerprint density at radius 2 is 1.20 bits per heavy atom. The molecule has 0 saturated heterocycles. The third-order valence-electron chi connectivity index (χ3n) is 9.29. The number of thiophene rings is 1. The summed E-state index contributed by atoms with van der Waals surface area (Å²) >= 11 is 1.69. The highest BCUT2D eigenvalue weighted by Crippen LogP contribution is 2.49. The van der Waals surface area contributed by atoms with E-state index in [-0.39, 0.29) is 0 Å². The molecule has 4 nitrogen and oxygen atoms in total. The van der Waals surface area contributed by atoms with Gasteiger partial charge in [0.15, 0.2) is 0 Å². The number of anilines is 4. The first-order chi connectivity index (χ1) is 25.1. The molecule has 0 saturated carbocycles. The van der Waals surface area contributed by atoms with Crippen molar-refractivity contribution in [3.05, 3.63) is 191 Å². The Morgan fingerprint density at radius 1 is 0.667 bits per heavy atom. The molecule has 7 rings (SSSR count). The van der Waals surface area contributed by atoms with Crippen molar-refractivity contribution in [2.45, 2.75) is 6.92 Å². The van der Waals surface area contributed by atoms with Gasteiger partial charge >= 0.3 is 0 Å². The first-order valence-corrected chi connectivity index (χ1v) is 18.0. The number of hydrogen-bond donors (Lipinski definition) is 0. The molecule has 0 N–H and O–H groups in total. The molecule has 0 atom stereocenters. The number of nitriles is 1. The SMILES string of the molecule is CCN(c1ccccc1)c1sc(C(=C2C=CC(=[N+](C)c3ccccc3)C=C2)c2ccc(N(C)c3ccccc3)cc2)c(-c2ccccc2)c1C#N. The molecule has 0 amide bonds. The second-order valence-electron chi connectivity index (χ2n) is 12.3. The van der Waals surface area contributed by atoms with E-state index in [1.165, 1.54) is 0 Å². The van der Waals surface area contributed by atoms with E-state index in [2.05, 4.69) is 187 Å². The fourth-order valence-corrected chi connectivity index (χ4v) is 8.00. The molecule has 0 bridgehead atoms. The lowest BCUT2D eigenvalue weighted by Crippen LogP contribution is -2.15. The van der Waals surface area contributed by atoms with Crippen LogP contribution in [0.1, 0.15) is 22.9 Å². The van der Waals surface area contributed by atoms with Gasteiger partial charge in [0.05, 0.1) is 5.56 Å². The summed E-state index contributed by atoms with van der Waals surface area (Å²) in [6, 6.07) is 53.0. The van der Waals surface area contributed by atoms with Crippen LogP contribution in [0.3, 0.4) is 0 Å². The minimum atomic E-state index is 0.685. The predicted octanol–water partition coefficient (Wildman–Crippen LogP) is 11.6. The average Bonchev–Trinajstić information content (AvgIpc) is 3.58. The standard InChI is InChI=1S/C46H39N4S/c1-4-50(41-23-15-8-16-24-41)46-42(33-47)44(34-17-9-5-10-18-34)45(51-46)43(35-25-29-39(30-26-35)48(2)37-19-11-6-12-20-37)36-27-31-40(32-28-36)49(3)38-21-13-7-14-22-38/h5-32H,4H2,1-3H3/q+1. The maximum atomic E-state index is 10.9. The summed E-state index contributed by atoms with van der Waals surface area (Å²) in [5.74, 6) is 0. The number of para-hydroxylation sites is 3. The van der Waals surface area contributed by atoms with Gasteiger partial charge in [0.2, 0.25) is 11.4 Å².